The number of hydrogen-bond donors (Lipinski definition) is 1. The molecule has 0 aromatic heterocycles. The van der Waals surface area contributed by atoms with Crippen LogP contribution in [0.1, 0.15) is 31.6 Å². The Labute approximate surface area is 217 Å². The van der Waals surface area contributed by atoms with E-state index in [4.69, 9.17) is 14.2 Å². The number of carbonyl (C=O) groups is 2. The summed E-state index contributed by atoms with van der Waals surface area (Å²) in [5, 5.41) is 3.04. The van der Waals surface area contributed by atoms with Crippen LogP contribution < -0.4 is 10.1 Å². The molecule has 0 heterocycles. The minimum absolute atomic E-state index is 0.0422. The monoisotopic (exact) mass is 517 g/mol. The molecule has 0 bridgehead atoms. The van der Waals surface area contributed by atoms with E-state index in [2.05, 4.69) is 44.1 Å². The van der Waals surface area contributed by atoms with Crippen LogP contribution in [-0.2, 0) is 14.3 Å². The van der Waals surface area contributed by atoms with Crippen molar-refractivity contribution in [3.8, 4) is 5.75 Å². The van der Waals surface area contributed by atoms with Gasteiger partial charge in [-0.3, -0.25) is 0 Å². The minimum atomic E-state index is -0.589. The zero-order chi connectivity index (χ0) is 25.6. The minimum Gasteiger partial charge on any atom is -0.490 e. The van der Waals surface area contributed by atoms with Crippen molar-refractivity contribution in [1.29, 1.82) is 0 Å². The quantitative estimate of drug-likeness (QED) is 0.140. The van der Waals surface area contributed by atoms with Gasteiger partial charge in [0.25, 0.3) is 0 Å². The van der Waals surface area contributed by atoms with Crippen molar-refractivity contribution in [2.75, 3.05) is 31.8 Å². The molecule has 6 nitrogen and oxygen atoms in total. The van der Waals surface area contributed by atoms with E-state index >= 15 is 0 Å². The zero-order valence-corrected chi connectivity index (χ0v) is 22.5. The fourth-order valence-corrected chi connectivity index (χ4v) is 5.04. The standard InChI is InChI=1S/C27H35NO5S2/c1-19(2)25(34-5)21-11-13-22(14-12-21)32-17-23(18-35-24-9-7-6-8-10-24)33-27(30)28-15-16-31-26(29)20(3)4/h6-14,19,23,25H,3,15-18H2,1-2,4-5H3,(H,28,30). The van der Waals surface area contributed by atoms with E-state index in [-0.39, 0.29) is 19.8 Å². The molecule has 0 aliphatic carbocycles. The van der Waals surface area contributed by atoms with E-state index in [1.165, 1.54) is 5.56 Å². The zero-order valence-electron chi connectivity index (χ0n) is 20.8. The van der Waals surface area contributed by atoms with Crippen LogP contribution in [0.15, 0.2) is 71.6 Å². The lowest BCUT2D eigenvalue weighted by molar-refractivity contribution is -0.138. The third-order valence-electron chi connectivity index (χ3n) is 4.91. The summed E-state index contributed by atoms with van der Waals surface area (Å²) >= 11 is 3.42. The van der Waals surface area contributed by atoms with Gasteiger partial charge in [0, 0.05) is 21.5 Å². The van der Waals surface area contributed by atoms with Gasteiger partial charge in [-0.15, -0.1) is 11.8 Å². The molecule has 2 unspecified atom stereocenters. The highest BCUT2D eigenvalue weighted by atomic mass is 32.2. The van der Waals surface area contributed by atoms with E-state index in [9.17, 15) is 9.59 Å². The maximum Gasteiger partial charge on any atom is 0.407 e. The number of carbonyl (C=O) groups excluding carboxylic acids is 2. The molecule has 0 saturated carbocycles. The SMILES string of the molecule is C=C(C)C(=O)OCCNC(=O)OC(COc1ccc(C(SC)C(C)C)cc1)CSc1ccccc1. The molecule has 1 amide bonds. The van der Waals surface area contributed by atoms with E-state index in [1.807, 2.05) is 54.2 Å². The molecule has 1 N–H and O–H groups in total. The average molecular weight is 518 g/mol. The molecule has 2 atom stereocenters. The van der Waals surface area contributed by atoms with Crippen molar-refractivity contribution in [3.63, 3.8) is 0 Å². The summed E-state index contributed by atoms with van der Waals surface area (Å²) < 4.78 is 16.5. The van der Waals surface area contributed by atoms with Crippen molar-refractivity contribution in [3.05, 3.63) is 72.3 Å². The number of amides is 1. The number of esters is 1. The smallest absolute Gasteiger partial charge is 0.407 e. The number of thioether (sulfide) groups is 2. The van der Waals surface area contributed by atoms with E-state index in [0.29, 0.717) is 22.5 Å². The lowest BCUT2D eigenvalue weighted by Crippen LogP contribution is -2.35. The fourth-order valence-electron chi connectivity index (χ4n) is 3.17. The van der Waals surface area contributed by atoms with Gasteiger partial charge in [-0.05, 0) is 48.9 Å². The number of rotatable bonds is 14. The van der Waals surface area contributed by atoms with Crippen molar-refractivity contribution >= 4 is 35.6 Å². The summed E-state index contributed by atoms with van der Waals surface area (Å²) in [6.07, 6.45) is 1.05. The Balaban J connectivity index is 1.91. The second-order valence-electron chi connectivity index (χ2n) is 8.27. The van der Waals surface area contributed by atoms with E-state index < -0.39 is 18.2 Å². The Morgan fingerprint density at radius 3 is 2.34 bits per heavy atom. The van der Waals surface area contributed by atoms with Gasteiger partial charge >= 0.3 is 12.1 Å². The number of benzene rings is 2. The second-order valence-corrected chi connectivity index (χ2v) is 10.3. The largest absolute Gasteiger partial charge is 0.490 e. The first-order valence-electron chi connectivity index (χ1n) is 11.5. The first-order chi connectivity index (χ1) is 16.8. The van der Waals surface area contributed by atoms with Gasteiger partial charge in [0.2, 0.25) is 0 Å². The van der Waals surface area contributed by atoms with Gasteiger partial charge in [-0.2, -0.15) is 11.8 Å². The van der Waals surface area contributed by atoms with Crippen LogP contribution in [0.3, 0.4) is 0 Å². The Hall–Kier alpha value is -2.58. The number of nitrogens with one attached hydrogen (secondary N) is 1. The van der Waals surface area contributed by atoms with Gasteiger partial charge in [-0.25, -0.2) is 9.59 Å². The molecule has 0 saturated heterocycles. The van der Waals surface area contributed by atoms with E-state index in [1.54, 1.807) is 18.7 Å². The summed E-state index contributed by atoms with van der Waals surface area (Å²) in [4.78, 5) is 24.8. The van der Waals surface area contributed by atoms with Crippen molar-refractivity contribution < 1.29 is 23.8 Å². The Bertz CT molecular complexity index is 934. The first-order valence-corrected chi connectivity index (χ1v) is 13.8. The summed E-state index contributed by atoms with van der Waals surface area (Å²) in [5.74, 6) is 1.30. The van der Waals surface area contributed by atoms with E-state index in [0.717, 1.165) is 10.6 Å². The third kappa shape index (κ3) is 10.7. The maximum absolute atomic E-state index is 12.3. The average Bonchev–Trinajstić information content (AvgIpc) is 2.85. The summed E-state index contributed by atoms with van der Waals surface area (Å²) in [7, 11) is 0. The first kappa shape index (κ1) is 28.7. The summed E-state index contributed by atoms with van der Waals surface area (Å²) in [5.41, 5.74) is 1.57. The molecular weight excluding hydrogens is 482 g/mol. The van der Waals surface area contributed by atoms with Crippen molar-refractivity contribution in [1.82, 2.24) is 5.32 Å². The second kappa shape index (κ2) is 15.4. The lowest BCUT2D eigenvalue weighted by Gasteiger charge is -2.20. The summed E-state index contributed by atoms with van der Waals surface area (Å²) in [6.45, 7) is 9.92. The molecule has 2 rings (SSSR count). The van der Waals surface area contributed by atoms with Gasteiger partial charge in [0.15, 0.2) is 0 Å². The van der Waals surface area contributed by atoms with Crippen LogP contribution in [0.5, 0.6) is 5.75 Å². The molecular formula is C27H35NO5S2. The number of ether oxygens (including phenoxy) is 3. The highest BCUT2D eigenvalue weighted by Crippen LogP contribution is 2.34. The van der Waals surface area contributed by atoms with Crippen LogP contribution in [0, 0.1) is 5.92 Å². The predicted octanol–water partition coefficient (Wildman–Crippen LogP) is 6.13. The van der Waals surface area contributed by atoms with Gasteiger partial charge in [0.1, 0.15) is 25.1 Å². The number of hydrogen-bond acceptors (Lipinski definition) is 7. The molecule has 2 aromatic carbocycles. The van der Waals surface area contributed by atoms with Crippen molar-refractivity contribution in [2.24, 2.45) is 5.92 Å². The Morgan fingerprint density at radius 1 is 1.06 bits per heavy atom. The molecule has 0 radical (unpaired) electrons. The Morgan fingerprint density at radius 2 is 1.74 bits per heavy atom. The highest BCUT2D eigenvalue weighted by molar-refractivity contribution is 7.99. The molecule has 8 heteroatoms. The van der Waals surface area contributed by atoms with Crippen LogP contribution in [0.2, 0.25) is 0 Å². The Kier molecular flexibility index (Phi) is 12.6. The molecule has 0 fully saturated rings. The summed E-state index contributed by atoms with van der Waals surface area (Å²) in [6, 6.07) is 18.0. The van der Waals surface area contributed by atoms with Crippen molar-refractivity contribution in [2.45, 2.75) is 37.0 Å². The predicted molar refractivity (Wildman–Crippen MR) is 144 cm³/mol. The van der Waals surface area contributed by atoms with Crippen LogP contribution in [-0.4, -0.2) is 49.9 Å². The number of alkyl carbamates (subject to hydrolysis) is 1. The molecule has 0 spiro atoms. The van der Waals surface area contributed by atoms with Gasteiger partial charge < -0.3 is 19.5 Å². The normalized spacial score (nSPS) is 12.5. The molecule has 35 heavy (non-hydrogen) atoms. The molecule has 2 aromatic rings. The molecule has 0 aliphatic rings. The van der Waals surface area contributed by atoms with Crippen LogP contribution >= 0.6 is 23.5 Å². The molecule has 0 aliphatic heterocycles. The van der Waals surface area contributed by atoms with Crippen LogP contribution in [0.4, 0.5) is 4.79 Å². The highest BCUT2D eigenvalue weighted by Gasteiger charge is 2.18. The van der Waals surface area contributed by atoms with Gasteiger partial charge in [-0.1, -0.05) is 50.8 Å². The maximum atomic E-state index is 12.3. The lowest BCUT2D eigenvalue weighted by atomic mass is 10.0. The fraction of sp³-hybridized carbons (Fsp3) is 0.407. The molecule has 190 valence electrons. The van der Waals surface area contributed by atoms with Gasteiger partial charge in [0.05, 0.1) is 6.54 Å². The third-order valence-corrected chi connectivity index (χ3v) is 7.38. The topological polar surface area (TPSA) is 73.9 Å². The van der Waals surface area contributed by atoms with Crippen LogP contribution in [0.25, 0.3) is 0 Å².